The molecule has 1 unspecified atom stereocenters. The number of carbonyl (C=O) groups excluding carboxylic acids is 1. The van der Waals surface area contributed by atoms with Gasteiger partial charge >= 0.3 is 0 Å². The van der Waals surface area contributed by atoms with E-state index in [0.29, 0.717) is 25.8 Å². The molecule has 37 heavy (non-hydrogen) atoms. The van der Waals surface area contributed by atoms with E-state index in [9.17, 15) is 14.7 Å². The number of halogens is 1. The molecule has 6 rings (SSSR count). The van der Waals surface area contributed by atoms with E-state index in [1.165, 1.54) is 51.8 Å². The maximum atomic E-state index is 13.7. The van der Waals surface area contributed by atoms with Gasteiger partial charge in [-0.3, -0.25) is 14.5 Å². The van der Waals surface area contributed by atoms with Crippen LogP contribution < -0.4 is 10.3 Å². The molecule has 0 saturated heterocycles. The van der Waals surface area contributed by atoms with Gasteiger partial charge in [0, 0.05) is 10.8 Å². The van der Waals surface area contributed by atoms with Crippen molar-refractivity contribution in [2.75, 3.05) is 4.90 Å². The van der Waals surface area contributed by atoms with Crippen LogP contribution in [0.1, 0.15) is 38.9 Å². The zero-order valence-corrected chi connectivity index (χ0v) is 21.7. The third-order valence-electron chi connectivity index (χ3n) is 6.10. The number of aromatic nitrogens is 2. The number of nitrogens with zero attached hydrogens (tertiary/aromatic N) is 3. The Bertz CT molecular complexity index is 1730. The van der Waals surface area contributed by atoms with Gasteiger partial charge in [-0.2, -0.15) is 0 Å². The van der Waals surface area contributed by atoms with Crippen LogP contribution in [-0.2, 0) is 5.75 Å². The summed E-state index contributed by atoms with van der Waals surface area (Å²) in [5, 5.41) is 19.7. The van der Waals surface area contributed by atoms with Crippen molar-refractivity contribution < 1.29 is 14.3 Å². The van der Waals surface area contributed by atoms with Crippen molar-refractivity contribution in [3.05, 3.63) is 110 Å². The predicted molar refractivity (Wildman–Crippen MR) is 145 cm³/mol. The monoisotopic (exact) mass is 547 g/mol. The minimum Gasteiger partial charge on any atom is -0.508 e. The largest absolute Gasteiger partial charge is 0.508 e. The summed E-state index contributed by atoms with van der Waals surface area (Å²) in [6, 6.07) is 18.6. The Labute approximate surface area is 224 Å². The fraction of sp³-hybridized carbons (Fsp3) is 0.111. The average Bonchev–Trinajstić information content (AvgIpc) is 3.47. The summed E-state index contributed by atoms with van der Waals surface area (Å²) < 4.78 is 6.63. The maximum Gasteiger partial charge on any atom is 0.297 e. The number of amides is 1. The molecule has 2 aromatic heterocycles. The number of anilines is 1. The molecule has 1 aliphatic rings. The molecule has 1 N–H and O–H groups in total. The molecule has 7 nitrogen and oxygen atoms in total. The Morgan fingerprint density at radius 1 is 1.08 bits per heavy atom. The SMILES string of the molecule is Cc1ccc(CSc2nnc(N3C(=O)c4oc5ccc(Cl)cc5c(=O)c4C3c3cccc(O)c3)s2)cc1. The number of phenolic OH excluding ortho intramolecular Hbond substituents is 1. The first-order valence-corrected chi connectivity index (χ1v) is 13.5. The highest BCUT2D eigenvalue weighted by Gasteiger charge is 2.45. The van der Waals surface area contributed by atoms with E-state index in [0.717, 1.165) is 5.56 Å². The Morgan fingerprint density at radius 3 is 2.68 bits per heavy atom. The molecule has 10 heteroatoms. The average molecular weight is 548 g/mol. The molecule has 0 aliphatic carbocycles. The second-order valence-corrected chi connectivity index (χ2v) is 11.2. The van der Waals surface area contributed by atoms with Gasteiger partial charge in [0.25, 0.3) is 5.91 Å². The molecule has 3 aromatic carbocycles. The summed E-state index contributed by atoms with van der Waals surface area (Å²) in [7, 11) is 0. The van der Waals surface area contributed by atoms with Crippen LogP contribution in [0.5, 0.6) is 5.75 Å². The fourth-order valence-electron chi connectivity index (χ4n) is 4.34. The van der Waals surface area contributed by atoms with Crippen LogP contribution in [0.25, 0.3) is 11.0 Å². The molecule has 1 amide bonds. The van der Waals surface area contributed by atoms with Crippen LogP contribution in [0.3, 0.4) is 0 Å². The van der Waals surface area contributed by atoms with Crippen LogP contribution in [0.4, 0.5) is 5.13 Å². The van der Waals surface area contributed by atoms with E-state index < -0.39 is 11.9 Å². The molecule has 0 bridgehead atoms. The van der Waals surface area contributed by atoms with E-state index in [1.54, 1.807) is 24.3 Å². The van der Waals surface area contributed by atoms with E-state index in [2.05, 4.69) is 34.5 Å². The van der Waals surface area contributed by atoms with Gasteiger partial charge < -0.3 is 9.52 Å². The number of aromatic hydroxyl groups is 1. The van der Waals surface area contributed by atoms with Crippen molar-refractivity contribution in [1.29, 1.82) is 0 Å². The lowest BCUT2D eigenvalue weighted by atomic mass is 9.98. The molecule has 0 saturated carbocycles. The first-order valence-electron chi connectivity index (χ1n) is 11.3. The molecule has 5 aromatic rings. The van der Waals surface area contributed by atoms with Gasteiger partial charge in [0.1, 0.15) is 11.3 Å². The second kappa shape index (κ2) is 9.33. The molecule has 3 heterocycles. The quantitative estimate of drug-likeness (QED) is 0.202. The second-order valence-electron chi connectivity index (χ2n) is 8.61. The van der Waals surface area contributed by atoms with Gasteiger partial charge in [-0.1, -0.05) is 76.7 Å². The van der Waals surface area contributed by atoms with Gasteiger partial charge in [-0.25, -0.2) is 0 Å². The van der Waals surface area contributed by atoms with Crippen LogP contribution in [0.2, 0.25) is 5.02 Å². The number of thioether (sulfide) groups is 1. The standard InChI is InChI=1S/C27H18ClN3O4S2/c1-14-5-7-15(8-6-14)13-36-27-30-29-26(37-27)31-22(16-3-2-4-18(32)11-16)21-23(33)19-12-17(28)9-10-20(19)35-24(21)25(31)34/h2-12,22,32H,13H2,1H3. The number of rotatable bonds is 5. The number of fused-ring (bicyclic) bond motifs is 2. The summed E-state index contributed by atoms with van der Waals surface area (Å²) in [5.41, 5.74) is 2.97. The Hall–Kier alpha value is -3.66. The minimum atomic E-state index is -0.850. The summed E-state index contributed by atoms with van der Waals surface area (Å²) in [4.78, 5) is 28.8. The Balaban J connectivity index is 1.43. The van der Waals surface area contributed by atoms with Gasteiger partial charge in [-0.15, -0.1) is 10.2 Å². The first kappa shape index (κ1) is 23.7. The summed E-state index contributed by atoms with van der Waals surface area (Å²) in [6.45, 7) is 2.04. The van der Waals surface area contributed by atoms with Gasteiger partial charge in [0.2, 0.25) is 10.9 Å². The maximum absolute atomic E-state index is 13.7. The van der Waals surface area contributed by atoms with Crippen molar-refractivity contribution in [2.45, 2.75) is 23.1 Å². The van der Waals surface area contributed by atoms with Crippen LogP contribution in [0, 0.1) is 6.92 Å². The zero-order valence-electron chi connectivity index (χ0n) is 19.3. The minimum absolute atomic E-state index is 0.0122. The first-order chi connectivity index (χ1) is 17.9. The lowest BCUT2D eigenvalue weighted by Crippen LogP contribution is -2.29. The van der Waals surface area contributed by atoms with Crippen LogP contribution >= 0.6 is 34.7 Å². The zero-order chi connectivity index (χ0) is 25.7. The van der Waals surface area contributed by atoms with Crippen LogP contribution in [0.15, 0.2) is 80.3 Å². The molecule has 1 aliphatic heterocycles. The van der Waals surface area contributed by atoms with E-state index in [4.69, 9.17) is 16.0 Å². The lowest BCUT2D eigenvalue weighted by Gasteiger charge is -2.22. The summed E-state index contributed by atoms with van der Waals surface area (Å²) in [5.74, 6) is 0.157. The van der Waals surface area contributed by atoms with Crippen molar-refractivity contribution in [3.63, 3.8) is 0 Å². The molecule has 0 fully saturated rings. The Kier molecular flexibility index (Phi) is 5.98. The van der Waals surface area contributed by atoms with Crippen molar-refractivity contribution in [1.82, 2.24) is 10.2 Å². The van der Waals surface area contributed by atoms with Crippen molar-refractivity contribution in [2.24, 2.45) is 0 Å². The fourth-order valence-corrected chi connectivity index (χ4v) is 6.34. The number of benzene rings is 3. The molecular weight excluding hydrogens is 530 g/mol. The number of carbonyl (C=O) groups is 1. The molecular formula is C27H18ClN3O4S2. The molecule has 1 atom stereocenters. The van der Waals surface area contributed by atoms with E-state index in [-0.39, 0.29) is 33.5 Å². The van der Waals surface area contributed by atoms with E-state index in [1.807, 2.05) is 6.92 Å². The van der Waals surface area contributed by atoms with Crippen LogP contribution in [-0.4, -0.2) is 21.2 Å². The van der Waals surface area contributed by atoms with Gasteiger partial charge in [-0.05, 0) is 48.4 Å². The highest BCUT2D eigenvalue weighted by atomic mass is 35.5. The smallest absolute Gasteiger partial charge is 0.297 e. The normalized spacial score (nSPS) is 14.9. The topological polar surface area (TPSA) is 96.5 Å². The van der Waals surface area contributed by atoms with Crippen molar-refractivity contribution >= 4 is 56.7 Å². The number of aryl methyl sites for hydroxylation is 1. The molecule has 0 spiro atoms. The highest BCUT2D eigenvalue weighted by Crippen LogP contribution is 2.44. The third-order valence-corrected chi connectivity index (χ3v) is 8.47. The lowest BCUT2D eigenvalue weighted by molar-refractivity contribution is 0.0970. The summed E-state index contributed by atoms with van der Waals surface area (Å²) >= 11 is 8.92. The molecule has 184 valence electrons. The number of hydrogen-bond donors (Lipinski definition) is 1. The van der Waals surface area contributed by atoms with Crippen molar-refractivity contribution in [3.8, 4) is 5.75 Å². The number of phenols is 1. The third kappa shape index (κ3) is 4.29. The van der Waals surface area contributed by atoms with Gasteiger partial charge in [0.05, 0.1) is 17.0 Å². The predicted octanol–water partition coefficient (Wildman–Crippen LogP) is 6.35. The molecule has 0 radical (unpaired) electrons. The Morgan fingerprint density at radius 2 is 1.89 bits per heavy atom. The van der Waals surface area contributed by atoms with E-state index >= 15 is 0 Å². The number of hydrogen-bond acceptors (Lipinski definition) is 8. The van der Waals surface area contributed by atoms with Gasteiger partial charge in [0.15, 0.2) is 9.77 Å². The highest BCUT2D eigenvalue weighted by molar-refractivity contribution is 8.00. The summed E-state index contributed by atoms with van der Waals surface area (Å²) in [6.07, 6.45) is 0.